The SMILES string of the molecule is COc1ccc(C(=O)C(C)C)cc1S(=O)(=O)NC(C)C. The molecule has 0 aliphatic rings. The highest BCUT2D eigenvalue weighted by atomic mass is 32.2. The molecule has 0 bridgehead atoms. The lowest BCUT2D eigenvalue weighted by atomic mass is 10.0. The quantitative estimate of drug-likeness (QED) is 0.818. The predicted octanol–water partition coefficient (Wildman–Crippen LogP) is 2.22. The van der Waals surface area contributed by atoms with E-state index in [9.17, 15) is 13.2 Å². The Kier molecular flexibility index (Phi) is 5.30. The van der Waals surface area contributed by atoms with Crippen molar-refractivity contribution >= 4 is 15.8 Å². The first-order valence-corrected chi connectivity index (χ1v) is 7.92. The molecule has 0 fully saturated rings. The lowest BCUT2D eigenvalue weighted by Gasteiger charge is -2.14. The second-order valence-electron chi connectivity index (χ2n) is 5.16. The average Bonchev–Trinajstić information content (AvgIpc) is 2.35. The molecule has 0 unspecified atom stereocenters. The Morgan fingerprint density at radius 3 is 2.25 bits per heavy atom. The van der Waals surface area contributed by atoms with E-state index in [1.54, 1.807) is 33.8 Å². The summed E-state index contributed by atoms with van der Waals surface area (Å²) in [7, 11) is -2.31. The molecular formula is C14H21NO4S. The van der Waals surface area contributed by atoms with Gasteiger partial charge in [-0.15, -0.1) is 0 Å². The number of methoxy groups -OCH3 is 1. The van der Waals surface area contributed by atoms with Gasteiger partial charge in [0.1, 0.15) is 10.6 Å². The molecule has 112 valence electrons. The minimum Gasteiger partial charge on any atom is -0.495 e. The zero-order valence-electron chi connectivity index (χ0n) is 12.4. The second-order valence-corrected chi connectivity index (χ2v) is 6.84. The summed E-state index contributed by atoms with van der Waals surface area (Å²) in [6.07, 6.45) is 0. The van der Waals surface area contributed by atoms with Gasteiger partial charge in [0, 0.05) is 17.5 Å². The smallest absolute Gasteiger partial charge is 0.244 e. The van der Waals surface area contributed by atoms with Crippen LogP contribution in [0.15, 0.2) is 23.1 Å². The van der Waals surface area contributed by atoms with Crippen molar-refractivity contribution in [1.82, 2.24) is 4.72 Å². The van der Waals surface area contributed by atoms with Crippen LogP contribution in [0.5, 0.6) is 5.75 Å². The summed E-state index contributed by atoms with van der Waals surface area (Å²) >= 11 is 0. The van der Waals surface area contributed by atoms with E-state index in [0.717, 1.165) is 0 Å². The molecule has 0 saturated heterocycles. The fraction of sp³-hybridized carbons (Fsp3) is 0.500. The van der Waals surface area contributed by atoms with Crippen LogP contribution in [0.4, 0.5) is 0 Å². The number of carbonyl (C=O) groups excluding carboxylic acids is 1. The molecule has 0 heterocycles. The highest BCUT2D eigenvalue weighted by Gasteiger charge is 2.23. The van der Waals surface area contributed by atoms with E-state index in [0.29, 0.717) is 5.56 Å². The van der Waals surface area contributed by atoms with Gasteiger partial charge in [-0.05, 0) is 32.0 Å². The third-order valence-corrected chi connectivity index (χ3v) is 4.33. The Labute approximate surface area is 120 Å². The Hall–Kier alpha value is -1.40. The number of ketones is 1. The highest BCUT2D eigenvalue weighted by Crippen LogP contribution is 2.26. The Morgan fingerprint density at radius 2 is 1.80 bits per heavy atom. The van der Waals surface area contributed by atoms with E-state index in [4.69, 9.17) is 4.74 Å². The lowest BCUT2D eigenvalue weighted by Crippen LogP contribution is -2.30. The first-order chi connectivity index (χ1) is 9.19. The van der Waals surface area contributed by atoms with Crippen molar-refractivity contribution in [3.63, 3.8) is 0 Å². The number of Topliss-reactive ketones (excluding diaryl/α,β-unsaturated/α-hetero) is 1. The number of sulfonamides is 1. The predicted molar refractivity (Wildman–Crippen MR) is 77.6 cm³/mol. The molecule has 1 aromatic carbocycles. The van der Waals surface area contributed by atoms with Crippen molar-refractivity contribution in [2.75, 3.05) is 7.11 Å². The maximum absolute atomic E-state index is 12.3. The molecule has 6 heteroatoms. The van der Waals surface area contributed by atoms with Crippen LogP contribution >= 0.6 is 0 Å². The topological polar surface area (TPSA) is 72.5 Å². The van der Waals surface area contributed by atoms with Gasteiger partial charge in [0.15, 0.2) is 5.78 Å². The van der Waals surface area contributed by atoms with Gasteiger partial charge in [-0.3, -0.25) is 4.79 Å². The molecular weight excluding hydrogens is 278 g/mol. The van der Waals surface area contributed by atoms with Crippen LogP contribution in [0, 0.1) is 5.92 Å². The summed E-state index contributed by atoms with van der Waals surface area (Å²) in [5, 5.41) is 0. The molecule has 1 aromatic rings. The first kappa shape index (κ1) is 16.7. The van der Waals surface area contributed by atoms with E-state index in [1.165, 1.54) is 19.2 Å². The van der Waals surface area contributed by atoms with Crippen molar-refractivity contribution in [3.05, 3.63) is 23.8 Å². The van der Waals surface area contributed by atoms with Crippen LogP contribution in [0.3, 0.4) is 0 Å². The van der Waals surface area contributed by atoms with Gasteiger partial charge in [-0.2, -0.15) is 0 Å². The van der Waals surface area contributed by atoms with Crippen molar-refractivity contribution in [2.24, 2.45) is 5.92 Å². The molecule has 20 heavy (non-hydrogen) atoms. The molecule has 0 aromatic heterocycles. The monoisotopic (exact) mass is 299 g/mol. The van der Waals surface area contributed by atoms with Crippen LogP contribution in [0.1, 0.15) is 38.1 Å². The summed E-state index contributed by atoms with van der Waals surface area (Å²) in [5.41, 5.74) is 0.366. The van der Waals surface area contributed by atoms with Gasteiger partial charge < -0.3 is 4.74 Å². The molecule has 0 radical (unpaired) electrons. The molecule has 0 aliphatic heterocycles. The third-order valence-electron chi connectivity index (χ3n) is 2.65. The third kappa shape index (κ3) is 3.80. The van der Waals surface area contributed by atoms with Crippen molar-refractivity contribution in [3.8, 4) is 5.75 Å². The van der Waals surface area contributed by atoms with Crippen LogP contribution in [-0.4, -0.2) is 27.4 Å². The number of benzene rings is 1. The Balaban J connectivity index is 3.36. The van der Waals surface area contributed by atoms with E-state index < -0.39 is 10.0 Å². The minimum atomic E-state index is -3.71. The maximum Gasteiger partial charge on any atom is 0.244 e. The summed E-state index contributed by atoms with van der Waals surface area (Å²) in [6, 6.07) is 4.21. The summed E-state index contributed by atoms with van der Waals surface area (Å²) in [6.45, 7) is 7.00. The van der Waals surface area contributed by atoms with E-state index in [-0.39, 0.29) is 28.4 Å². The molecule has 0 spiro atoms. The first-order valence-electron chi connectivity index (χ1n) is 6.43. The van der Waals surface area contributed by atoms with Gasteiger partial charge in [-0.1, -0.05) is 13.8 Å². The molecule has 0 amide bonds. The lowest BCUT2D eigenvalue weighted by molar-refractivity contribution is 0.0939. The number of hydrogen-bond acceptors (Lipinski definition) is 4. The maximum atomic E-state index is 12.3. The second kappa shape index (κ2) is 6.37. The number of rotatable bonds is 6. The fourth-order valence-corrected chi connectivity index (χ4v) is 3.19. The molecule has 1 rings (SSSR count). The molecule has 0 aliphatic carbocycles. The molecule has 5 nitrogen and oxygen atoms in total. The van der Waals surface area contributed by atoms with Gasteiger partial charge in [0.25, 0.3) is 0 Å². The number of ether oxygens (including phenoxy) is 1. The highest BCUT2D eigenvalue weighted by molar-refractivity contribution is 7.89. The Morgan fingerprint density at radius 1 is 1.20 bits per heavy atom. The largest absolute Gasteiger partial charge is 0.495 e. The van der Waals surface area contributed by atoms with Crippen LogP contribution in [-0.2, 0) is 10.0 Å². The van der Waals surface area contributed by atoms with Crippen molar-refractivity contribution in [2.45, 2.75) is 38.6 Å². The van der Waals surface area contributed by atoms with E-state index >= 15 is 0 Å². The van der Waals surface area contributed by atoms with Gasteiger partial charge in [0.2, 0.25) is 10.0 Å². The number of nitrogens with one attached hydrogen (secondary N) is 1. The summed E-state index contributed by atoms with van der Waals surface area (Å²) in [4.78, 5) is 12.0. The Bertz CT molecular complexity index is 591. The van der Waals surface area contributed by atoms with Gasteiger partial charge >= 0.3 is 0 Å². The molecule has 1 N–H and O–H groups in total. The van der Waals surface area contributed by atoms with Crippen molar-refractivity contribution < 1.29 is 17.9 Å². The van der Waals surface area contributed by atoms with E-state index in [1.807, 2.05) is 0 Å². The standard InChI is InChI=1S/C14H21NO4S/c1-9(2)14(16)11-6-7-12(19-5)13(8-11)20(17,18)15-10(3)4/h6-10,15H,1-5H3. The number of hydrogen-bond donors (Lipinski definition) is 1. The molecule has 0 saturated carbocycles. The number of carbonyl (C=O) groups is 1. The molecule has 0 atom stereocenters. The van der Waals surface area contributed by atoms with Crippen LogP contribution in [0.2, 0.25) is 0 Å². The summed E-state index contributed by atoms with van der Waals surface area (Å²) in [5.74, 6) is -0.0795. The average molecular weight is 299 g/mol. The van der Waals surface area contributed by atoms with E-state index in [2.05, 4.69) is 4.72 Å². The summed E-state index contributed by atoms with van der Waals surface area (Å²) < 4.78 is 32.1. The fourth-order valence-electron chi connectivity index (χ4n) is 1.75. The van der Waals surface area contributed by atoms with Crippen LogP contribution < -0.4 is 9.46 Å². The van der Waals surface area contributed by atoms with Gasteiger partial charge in [0.05, 0.1) is 7.11 Å². The van der Waals surface area contributed by atoms with Crippen LogP contribution in [0.25, 0.3) is 0 Å². The minimum absolute atomic E-state index is 0.0137. The zero-order valence-corrected chi connectivity index (χ0v) is 13.2. The van der Waals surface area contributed by atoms with Gasteiger partial charge in [-0.25, -0.2) is 13.1 Å². The zero-order chi connectivity index (χ0) is 15.5. The normalized spacial score (nSPS) is 11.9. The van der Waals surface area contributed by atoms with Crippen molar-refractivity contribution in [1.29, 1.82) is 0 Å².